The zero-order chi connectivity index (χ0) is 8.01. The van der Waals surface area contributed by atoms with E-state index < -0.39 is 0 Å². The second kappa shape index (κ2) is 2.13. The summed E-state index contributed by atoms with van der Waals surface area (Å²) in [7, 11) is 0. The summed E-state index contributed by atoms with van der Waals surface area (Å²) in [5, 5.41) is 0. The number of carbonyl (C=O) groups is 1. The second-order valence-corrected chi connectivity index (χ2v) is 3.87. The van der Waals surface area contributed by atoms with Crippen molar-refractivity contribution in [1.82, 2.24) is 4.90 Å². The summed E-state index contributed by atoms with van der Waals surface area (Å²) >= 11 is 0. The molecule has 2 aliphatic heterocycles. The van der Waals surface area contributed by atoms with Crippen LogP contribution < -0.4 is 5.73 Å². The van der Waals surface area contributed by atoms with Gasteiger partial charge < -0.3 is 10.6 Å². The van der Waals surface area contributed by atoms with Crippen molar-refractivity contribution < 1.29 is 4.79 Å². The molecule has 2 atom stereocenters. The van der Waals surface area contributed by atoms with Crippen molar-refractivity contribution in [3.05, 3.63) is 0 Å². The first kappa shape index (κ1) is 6.95. The van der Waals surface area contributed by atoms with E-state index in [-0.39, 0.29) is 6.03 Å². The molecule has 3 fully saturated rings. The normalized spacial score (nSPS) is 41.5. The fourth-order valence-electron chi connectivity index (χ4n) is 2.51. The first-order chi connectivity index (χ1) is 5.18. The maximum atomic E-state index is 10.9. The maximum absolute atomic E-state index is 10.9. The lowest BCUT2D eigenvalue weighted by atomic mass is 9.74. The van der Waals surface area contributed by atoms with Gasteiger partial charge in [-0.25, -0.2) is 4.79 Å². The fraction of sp³-hybridized carbons (Fsp3) is 0.875. The number of hydrogen-bond donors (Lipinski definition) is 1. The minimum Gasteiger partial charge on any atom is -0.351 e. The Kier molecular flexibility index (Phi) is 1.34. The van der Waals surface area contributed by atoms with E-state index in [2.05, 4.69) is 6.92 Å². The van der Waals surface area contributed by atoms with E-state index in [1.54, 1.807) is 0 Å². The van der Waals surface area contributed by atoms with Crippen molar-refractivity contribution in [2.75, 3.05) is 0 Å². The average molecular weight is 154 g/mol. The summed E-state index contributed by atoms with van der Waals surface area (Å²) in [6, 6.07) is 0.723. The van der Waals surface area contributed by atoms with Crippen LogP contribution in [0.1, 0.15) is 26.2 Å². The largest absolute Gasteiger partial charge is 0.351 e. The third-order valence-electron chi connectivity index (χ3n) is 2.93. The van der Waals surface area contributed by atoms with Gasteiger partial charge in [0.15, 0.2) is 0 Å². The van der Waals surface area contributed by atoms with E-state index >= 15 is 0 Å². The number of nitrogens with zero attached hydrogens (tertiary/aromatic N) is 1. The van der Waals surface area contributed by atoms with Gasteiger partial charge in [-0.3, -0.25) is 0 Å². The maximum Gasteiger partial charge on any atom is 0.315 e. The molecule has 1 saturated carbocycles. The van der Waals surface area contributed by atoms with Crippen molar-refractivity contribution in [3.63, 3.8) is 0 Å². The molecule has 2 N–H and O–H groups in total. The molecule has 0 spiro atoms. The third-order valence-corrected chi connectivity index (χ3v) is 2.93. The number of hydrogen-bond acceptors (Lipinski definition) is 1. The van der Waals surface area contributed by atoms with Crippen LogP contribution in [0.5, 0.6) is 0 Å². The molecule has 0 aromatic carbocycles. The van der Waals surface area contributed by atoms with Crippen LogP contribution >= 0.6 is 0 Å². The predicted molar refractivity (Wildman–Crippen MR) is 42.0 cm³/mol. The Balaban J connectivity index is 2.04. The van der Waals surface area contributed by atoms with Crippen molar-refractivity contribution in [2.45, 2.75) is 38.3 Å². The Morgan fingerprint density at radius 3 is 2.36 bits per heavy atom. The number of amides is 2. The minimum absolute atomic E-state index is 0.224. The highest BCUT2D eigenvalue weighted by Crippen LogP contribution is 2.40. The van der Waals surface area contributed by atoms with Crippen LogP contribution in [0.2, 0.25) is 0 Å². The number of fused-ring (bicyclic) bond motifs is 2. The molecule has 3 rings (SSSR count). The van der Waals surface area contributed by atoms with Crippen LogP contribution in [0.25, 0.3) is 0 Å². The predicted octanol–water partition coefficient (Wildman–Crippen LogP) is 0.938. The monoisotopic (exact) mass is 154 g/mol. The second-order valence-electron chi connectivity index (χ2n) is 3.87. The van der Waals surface area contributed by atoms with E-state index in [0.29, 0.717) is 12.1 Å². The van der Waals surface area contributed by atoms with E-state index in [9.17, 15) is 4.79 Å². The zero-order valence-electron chi connectivity index (χ0n) is 6.79. The van der Waals surface area contributed by atoms with Crippen LogP contribution in [0.3, 0.4) is 0 Å². The van der Waals surface area contributed by atoms with Crippen LogP contribution in [-0.2, 0) is 0 Å². The Hall–Kier alpha value is -0.730. The van der Waals surface area contributed by atoms with Crippen LogP contribution in [0, 0.1) is 5.92 Å². The highest BCUT2D eigenvalue weighted by Gasteiger charge is 2.45. The first-order valence-electron chi connectivity index (χ1n) is 4.26. The molecule has 2 amide bonds. The molecular formula is C8H14N2O. The molecule has 0 radical (unpaired) electrons. The van der Waals surface area contributed by atoms with Crippen molar-refractivity contribution in [3.8, 4) is 0 Å². The molecule has 3 aliphatic rings. The highest BCUT2D eigenvalue weighted by molar-refractivity contribution is 5.74. The quantitative estimate of drug-likeness (QED) is 0.554. The molecular weight excluding hydrogens is 140 g/mol. The molecule has 62 valence electrons. The Morgan fingerprint density at radius 2 is 1.91 bits per heavy atom. The zero-order valence-corrected chi connectivity index (χ0v) is 6.79. The topological polar surface area (TPSA) is 46.3 Å². The molecule has 2 bridgehead atoms. The number of rotatable bonds is 0. The molecule has 0 aromatic heterocycles. The average Bonchev–Trinajstić information content (AvgIpc) is 1.84. The summed E-state index contributed by atoms with van der Waals surface area (Å²) in [6.45, 7) is 2.25. The van der Waals surface area contributed by atoms with Crippen LogP contribution in [0.4, 0.5) is 4.79 Å². The Labute approximate surface area is 66.5 Å². The summed E-state index contributed by atoms with van der Waals surface area (Å²) in [6.07, 6.45) is 3.49. The summed E-state index contributed by atoms with van der Waals surface area (Å²) < 4.78 is 0. The van der Waals surface area contributed by atoms with Gasteiger partial charge in [0.2, 0.25) is 0 Å². The molecule has 3 nitrogen and oxygen atoms in total. The lowest BCUT2D eigenvalue weighted by Crippen LogP contribution is -2.64. The van der Waals surface area contributed by atoms with Gasteiger partial charge in [-0.15, -0.1) is 0 Å². The lowest BCUT2D eigenvalue weighted by Gasteiger charge is -2.54. The van der Waals surface area contributed by atoms with Gasteiger partial charge in [0, 0.05) is 12.1 Å². The van der Waals surface area contributed by atoms with Gasteiger partial charge >= 0.3 is 6.03 Å². The molecule has 2 saturated heterocycles. The number of piperidine rings is 1. The molecule has 3 heteroatoms. The molecule has 0 aromatic rings. The van der Waals surface area contributed by atoms with Crippen LogP contribution in [0.15, 0.2) is 0 Å². The van der Waals surface area contributed by atoms with E-state index in [0.717, 1.165) is 18.8 Å². The molecule has 1 aliphatic carbocycles. The standard InChI is InChI=1S/C8H14N2O/c1-5-2-6-4-7(3-5)10(6)8(9)11/h5-7H,2-4H2,1H3,(H2,9,11). The van der Waals surface area contributed by atoms with E-state index in [1.165, 1.54) is 6.42 Å². The Morgan fingerprint density at radius 1 is 1.36 bits per heavy atom. The first-order valence-corrected chi connectivity index (χ1v) is 4.26. The van der Waals surface area contributed by atoms with Crippen LogP contribution in [-0.4, -0.2) is 23.0 Å². The Bertz CT molecular complexity index is 181. The molecule has 2 unspecified atom stereocenters. The summed E-state index contributed by atoms with van der Waals surface area (Å²) in [4.78, 5) is 12.7. The van der Waals surface area contributed by atoms with Gasteiger partial charge in [-0.2, -0.15) is 0 Å². The minimum atomic E-state index is -0.224. The summed E-state index contributed by atoms with van der Waals surface area (Å²) in [5.41, 5.74) is 5.22. The van der Waals surface area contributed by atoms with Gasteiger partial charge in [-0.1, -0.05) is 6.92 Å². The van der Waals surface area contributed by atoms with Gasteiger partial charge in [0.25, 0.3) is 0 Å². The lowest BCUT2D eigenvalue weighted by molar-refractivity contribution is -0.00775. The number of nitrogens with two attached hydrogens (primary N) is 1. The summed E-state index contributed by atoms with van der Waals surface area (Å²) in [5.74, 6) is 0.786. The van der Waals surface area contributed by atoms with Gasteiger partial charge in [0.05, 0.1) is 0 Å². The van der Waals surface area contributed by atoms with E-state index in [4.69, 9.17) is 5.73 Å². The third kappa shape index (κ3) is 0.905. The van der Waals surface area contributed by atoms with Gasteiger partial charge in [0.1, 0.15) is 0 Å². The molecule has 2 heterocycles. The molecule has 11 heavy (non-hydrogen) atoms. The fourth-order valence-corrected chi connectivity index (χ4v) is 2.51. The van der Waals surface area contributed by atoms with Gasteiger partial charge in [-0.05, 0) is 25.2 Å². The SMILES string of the molecule is CC1CC2CC(C1)N2C(N)=O. The van der Waals surface area contributed by atoms with Crippen molar-refractivity contribution in [2.24, 2.45) is 11.7 Å². The van der Waals surface area contributed by atoms with Crippen molar-refractivity contribution >= 4 is 6.03 Å². The smallest absolute Gasteiger partial charge is 0.315 e. The highest BCUT2D eigenvalue weighted by atomic mass is 16.2. The number of carbonyl (C=O) groups excluding carboxylic acids is 1. The van der Waals surface area contributed by atoms with E-state index in [1.807, 2.05) is 4.90 Å². The van der Waals surface area contributed by atoms with Crippen molar-refractivity contribution in [1.29, 1.82) is 0 Å². The number of urea groups is 1. The number of primary amides is 1.